The third kappa shape index (κ3) is 7.57. The first kappa shape index (κ1) is 21.0. The number of alkyl halides is 2. The van der Waals surface area contributed by atoms with E-state index in [1.54, 1.807) is 30.3 Å². The van der Waals surface area contributed by atoms with Crippen LogP contribution in [0, 0.1) is 0 Å². The number of nitrogens with two attached hydrogens (primary N) is 1. The van der Waals surface area contributed by atoms with Gasteiger partial charge in [0, 0.05) is 6.42 Å². The van der Waals surface area contributed by atoms with Crippen LogP contribution in [-0.2, 0) is 21.0 Å². The number of halogens is 2. The third-order valence-corrected chi connectivity index (χ3v) is 3.61. The number of aliphatic hydroxyl groups excluding tert-OH is 1. The van der Waals surface area contributed by atoms with Crippen molar-refractivity contribution in [3.05, 3.63) is 35.9 Å². The molecule has 1 aromatic rings. The standard InChI is InChI=1S/C17H24F2N2O4/c1-16(2,18)8-9-17(19,10-13(22)14(20)23)15(24)21-25-11-12-6-4-3-5-7-12/h3-7,13,22H,8-11H2,1-2H3,(H2,20,23)(H,21,24). The van der Waals surface area contributed by atoms with Gasteiger partial charge in [0.2, 0.25) is 5.91 Å². The van der Waals surface area contributed by atoms with Crippen molar-refractivity contribution < 1.29 is 28.3 Å². The molecule has 0 aliphatic carbocycles. The molecule has 2 amide bonds. The molecule has 0 radical (unpaired) electrons. The minimum absolute atomic E-state index is 0.00433. The fourth-order valence-corrected chi connectivity index (χ4v) is 2.06. The van der Waals surface area contributed by atoms with Crippen molar-refractivity contribution in [2.24, 2.45) is 5.73 Å². The number of hydroxylamine groups is 1. The summed E-state index contributed by atoms with van der Waals surface area (Å²) in [5.41, 5.74) is 3.18. The monoisotopic (exact) mass is 358 g/mol. The number of nitrogens with one attached hydrogen (secondary N) is 1. The quantitative estimate of drug-likeness (QED) is 0.554. The van der Waals surface area contributed by atoms with Crippen LogP contribution >= 0.6 is 0 Å². The molecule has 1 rings (SSSR count). The van der Waals surface area contributed by atoms with Gasteiger partial charge in [0.1, 0.15) is 11.8 Å². The Bertz CT molecular complexity index is 578. The highest BCUT2D eigenvalue weighted by molar-refractivity contribution is 5.86. The summed E-state index contributed by atoms with van der Waals surface area (Å²) in [4.78, 5) is 28.1. The molecule has 0 spiro atoms. The lowest BCUT2D eigenvalue weighted by Crippen LogP contribution is -2.48. The first-order chi connectivity index (χ1) is 11.5. The average Bonchev–Trinajstić information content (AvgIpc) is 2.53. The predicted molar refractivity (Wildman–Crippen MR) is 87.5 cm³/mol. The average molecular weight is 358 g/mol. The van der Waals surface area contributed by atoms with Crippen LogP contribution < -0.4 is 11.2 Å². The second-order valence-corrected chi connectivity index (χ2v) is 6.51. The Morgan fingerprint density at radius 1 is 1.24 bits per heavy atom. The SMILES string of the molecule is CC(C)(F)CCC(F)(CC(O)C(N)=O)C(=O)NOCc1ccccc1. The van der Waals surface area contributed by atoms with E-state index in [9.17, 15) is 19.1 Å². The van der Waals surface area contributed by atoms with Crippen molar-refractivity contribution in [3.63, 3.8) is 0 Å². The second-order valence-electron chi connectivity index (χ2n) is 6.51. The summed E-state index contributed by atoms with van der Waals surface area (Å²) >= 11 is 0. The number of hydrogen-bond donors (Lipinski definition) is 3. The molecule has 0 bridgehead atoms. The van der Waals surface area contributed by atoms with Crippen LogP contribution in [0.4, 0.5) is 8.78 Å². The smallest absolute Gasteiger partial charge is 0.281 e. The summed E-state index contributed by atoms with van der Waals surface area (Å²) in [6.45, 7) is 2.47. The van der Waals surface area contributed by atoms with Gasteiger partial charge in [-0.1, -0.05) is 30.3 Å². The largest absolute Gasteiger partial charge is 0.383 e. The Labute approximate surface area is 145 Å². The number of rotatable bonds is 10. The van der Waals surface area contributed by atoms with Gasteiger partial charge in [0.05, 0.1) is 6.61 Å². The van der Waals surface area contributed by atoms with E-state index in [0.29, 0.717) is 0 Å². The lowest BCUT2D eigenvalue weighted by atomic mass is 9.88. The molecule has 8 heteroatoms. The maximum atomic E-state index is 15.0. The van der Waals surface area contributed by atoms with Crippen molar-refractivity contribution in [2.45, 2.75) is 57.2 Å². The molecule has 1 aromatic carbocycles. The van der Waals surface area contributed by atoms with Gasteiger partial charge in [-0.05, 0) is 32.3 Å². The van der Waals surface area contributed by atoms with Gasteiger partial charge in [-0.2, -0.15) is 0 Å². The molecule has 4 N–H and O–H groups in total. The van der Waals surface area contributed by atoms with Crippen LogP contribution in [0.15, 0.2) is 30.3 Å². The van der Waals surface area contributed by atoms with E-state index in [2.05, 4.69) is 0 Å². The number of primary amides is 1. The summed E-state index contributed by atoms with van der Waals surface area (Å²) < 4.78 is 28.7. The van der Waals surface area contributed by atoms with Crippen molar-refractivity contribution in [2.75, 3.05) is 0 Å². The fourth-order valence-electron chi connectivity index (χ4n) is 2.06. The summed E-state index contributed by atoms with van der Waals surface area (Å²) in [6.07, 6.45) is -3.57. The Balaban J connectivity index is 2.71. The molecule has 0 aromatic heterocycles. The first-order valence-corrected chi connectivity index (χ1v) is 7.85. The van der Waals surface area contributed by atoms with Crippen molar-refractivity contribution >= 4 is 11.8 Å². The maximum absolute atomic E-state index is 15.0. The first-order valence-electron chi connectivity index (χ1n) is 7.85. The number of benzene rings is 1. The van der Waals surface area contributed by atoms with E-state index in [1.165, 1.54) is 13.8 Å². The highest BCUT2D eigenvalue weighted by Crippen LogP contribution is 2.30. The maximum Gasteiger partial charge on any atom is 0.281 e. The summed E-state index contributed by atoms with van der Waals surface area (Å²) in [7, 11) is 0. The van der Waals surface area contributed by atoms with Gasteiger partial charge >= 0.3 is 0 Å². The molecule has 0 saturated heterocycles. The molecule has 2 atom stereocenters. The number of aliphatic hydroxyl groups is 1. The minimum atomic E-state index is -2.70. The van der Waals surface area contributed by atoms with E-state index < -0.39 is 42.1 Å². The van der Waals surface area contributed by atoms with E-state index in [-0.39, 0.29) is 13.0 Å². The predicted octanol–water partition coefficient (Wildman–Crippen LogP) is 1.71. The van der Waals surface area contributed by atoms with Crippen LogP contribution in [-0.4, -0.2) is 34.4 Å². The lowest BCUT2D eigenvalue weighted by molar-refractivity contribution is -0.151. The highest BCUT2D eigenvalue weighted by atomic mass is 19.1. The molecule has 6 nitrogen and oxygen atoms in total. The van der Waals surface area contributed by atoms with E-state index in [1.807, 2.05) is 5.48 Å². The van der Waals surface area contributed by atoms with Crippen LogP contribution in [0.3, 0.4) is 0 Å². The lowest BCUT2D eigenvalue weighted by Gasteiger charge is -2.27. The van der Waals surface area contributed by atoms with Gasteiger partial charge in [0.25, 0.3) is 5.91 Å². The van der Waals surface area contributed by atoms with Crippen molar-refractivity contribution in [3.8, 4) is 0 Å². The Kier molecular flexibility index (Phi) is 7.44. The zero-order valence-electron chi connectivity index (χ0n) is 14.3. The summed E-state index contributed by atoms with van der Waals surface area (Å²) in [6, 6.07) is 8.84. The summed E-state index contributed by atoms with van der Waals surface area (Å²) in [5.74, 6) is -2.37. The molecular weight excluding hydrogens is 334 g/mol. The molecule has 0 fully saturated rings. The molecular formula is C17H24F2N2O4. The molecule has 0 saturated carbocycles. The molecule has 25 heavy (non-hydrogen) atoms. The number of hydrogen-bond acceptors (Lipinski definition) is 4. The van der Waals surface area contributed by atoms with Crippen molar-refractivity contribution in [1.82, 2.24) is 5.48 Å². The zero-order valence-corrected chi connectivity index (χ0v) is 14.3. The van der Waals surface area contributed by atoms with Gasteiger partial charge in [0.15, 0.2) is 5.67 Å². The Hall–Kier alpha value is -2.06. The van der Waals surface area contributed by atoms with Gasteiger partial charge in [-0.15, -0.1) is 0 Å². The highest BCUT2D eigenvalue weighted by Gasteiger charge is 2.43. The topological polar surface area (TPSA) is 102 Å². The molecule has 0 heterocycles. The van der Waals surface area contributed by atoms with Gasteiger partial charge < -0.3 is 10.8 Å². The van der Waals surface area contributed by atoms with Crippen molar-refractivity contribution in [1.29, 1.82) is 0 Å². The molecule has 0 aliphatic heterocycles. The number of amides is 2. The van der Waals surface area contributed by atoms with Crippen LogP contribution in [0.1, 0.15) is 38.7 Å². The fraction of sp³-hybridized carbons (Fsp3) is 0.529. The second kappa shape index (κ2) is 8.87. The molecule has 2 unspecified atom stereocenters. The Morgan fingerprint density at radius 2 is 1.84 bits per heavy atom. The van der Waals surface area contributed by atoms with Gasteiger partial charge in [-0.3, -0.25) is 14.4 Å². The minimum Gasteiger partial charge on any atom is -0.383 e. The number of carbonyl (C=O) groups excluding carboxylic acids is 2. The van der Waals surface area contributed by atoms with Crippen LogP contribution in [0.25, 0.3) is 0 Å². The molecule has 140 valence electrons. The number of carbonyl (C=O) groups is 2. The van der Waals surface area contributed by atoms with E-state index in [4.69, 9.17) is 10.6 Å². The molecule has 0 aliphatic rings. The normalized spacial score (nSPS) is 15.2. The van der Waals surface area contributed by atoms with E-state index in [0.717, 1.165) is 5.56 Å². The van der Waals surface area contributed by atoms with Gasteiger partial charge in [-0.25, -0.2) is 14.3 Å². The Morgan fingerprint density at radius 3 is 2.36 bits per heavy atom. The zero-order chi connectivity index (χ0) is 19.1. The van der Waals surface area contributed by atoms with E-state index >= 15 is 4.39 Å². The van der Waals surface area contributed by atoms with Crippen LogP contribution in [0.5, 0.6) is 0 Å². The van der Waals surface area contributed by atoms with Crippen LogP contribution in [0.2, 0.25) is 0 Å². The third-order valence-electron chi connectivity index (χ3n) is 3.61. The summed E-state index contributed by atoms with van der Waals surface area (Å²) in [5, 5.41) is 9.51.